The highest BCUT2D eigenvalue weighted by Gasteiger charge is 2.17. The number of aliphatic carboxylic acids is 1. The Labute approximate surface area is 146 Å². The van der Waals surface area contributed by atoms with E-state index in [2.05, 4.69) is 0 Å². The maximum absolute atomic E-state index is 12.3. The third-order valence-corrected chi connectivity index (χ3v) is 3.60. The summed E-state index contributed by atoms with van der Waals surface area (Å²) >= 11 is 0. The van der Waals surface area contributed by atoms with Gasteiger partial charge in [-0.05, 0) is 24.1 Å². The minimum Gasteiger partial charge on any atom is -0.497 e. The first-order valence-electron chi connectivity index (χ1n) is 7.89. The molecule has 1 N–H and O–H groups in total. The quantitative estimate of drug-likeness (QED) is 0.756. The highest BCUT2D eigenvalue weighted by molar-refractivity contribution is 5.82. The van der Waals surface area contributed by atoms with E-state index in [4.69, 9.17) is 14.6 Å². The highest BCUT2D eigenvalue weighted by atomic mass is 16.5. The van der Waals surface area contributed by atoms with Crippen molar-refractivity contribution in [3.05, 3.63) is 60.2 Å². The van der Waals surface area contributed by atoms with E-state index in [1.165, 1.54) is 4.90 Å². The smallest absolute Gasteiger partial charge is 0.323 e. The average molecular weight is 343 g/mol. The van der Waals surface area contributed by atoms with E-state index in [0.717, 1.165) is 5.56 Å². The molecule has 2 rings (SSSR count). The van der Waals surface area contributed by atoms with Gasteiger partial charge < -0.3 is 19.5 Å². The predicted molar refractivity (Wildman–Crippen MR) is 92.9 cm³/mol. The Hall–Kier alpha value is -3.02. The fraction of sp³-hybridized carbons (Fsp3) is 0.263. The molecule has 0 saturated carbocycles. The summed E-state index contributed by atoms with van der Waals surface area (Å²) in [4.78, 5) is 24.7. The topological polar surface area (TPSA) is 76.1 Å². The van der Waals surface area contributed by atoms with Gasteiger partial charge in [0, 0.05) is 12.6 Å². The number of carboxylic acid groups (broad SMARTS) is 1. The standard InChI is InChI=1S/C19H21NO5/c1-24-16-8-5-9-17(12-16)25-14-18(21)20(13-19(22)23)11-10-15-6-3-2-4-7-15/h2-9,12H,10-11,13-14H2,1H3,(H,22,23). The number of ether oxygens (including phenoxy) is 2. The van der Waals surface area contributed by atoms with Gasteiger partial charge in [-0.2, -0.15) is 0 Å². The first kappa shape index (κ1) is 18.3. The Kier molecular flexibility index (Phi) is 6.83. The van der Waals surface area contributed by atoms with Crippen molar-refractivity contribution < 1.29 is 24.2 Å². The van der Waals surface area contributed by atoms with Crippen LogP contribution < -0.4 is 9.47 Å². The van der Waals surface area contributed by atoms with Crippen molar-refractivity contribution in [2.24, 2.45) is 0 Å². The fourth-order valence-corrected chi connectivity index (χ4v) is 2.29. The second kappa shape index (κ2) is 9.32. The van der Waals surface area contributed by atoms with Gasteiger partial charge >= 0.3 is 5.97 Å². The van der Waals surface area contributed by atoms with Crippen LogP contribution in [0.1, 0.15) is 5.56 Å². The Balaban J connectivity index is 1.93. The van der Waals surface area contributed by atoms with Gasteiger partial charge in [-0.15, -0.1) is 0 Å². The van der Waals surface area contributed by atoms with E-state index in [9.17, 15) is 9.59 Å². The zero-order valence-electron chi connectivity index (χ0n) is 14.1. The van der Waals surface area contributed by atoms with E-state index in [1.807, 2.05) is 30.3 Å². The van der Waals surface area contributed by atoms with Crippen LogP contribution in [0.4, 0.5) is 0 Å². The Morgan fingerprint density at radius 3 is 2.44 bits per heavy atom. The third-order valence-electron chi connectivity index (χ3n) is 3.60. The molecule has 0 aliphatic heterocycles. The maximum atomic E-state index is 12.3. The van der Waals surface area contributed by atoms with Crippen molar-refractivity contribution >= 4 is 11.9 Å². The predicted octanol–water partition coefficient (Wildman–Crippen LogP) is 2.23. The van der Waals surface area contributed by atoms with Crippen molar-refractivity contribution in [3.63, 3.8) is 0 Å². The molecule has 0 fully saturated rings. The molecular weight excluding hydrogens is 322 g/mol. The van der Waals surface area contributed by atoms with Gasteiger partial charge in [0.1, 0.15) is 18.0 Å². The summed E-state index contributed by atoms with van der Waals surface area (Å²) in [5.74, 6) is -0.314. The number of hydrogen-bond donors (Lipinski definition) is 1. The molecule has 6 heteroatoms. The number of hydrogen-bond acceptors (Lipinski definition) is 4. The molecule has 0 heterocycles. The second-order valence-corrected chi connectivity index (χ2v) is 5.41. The van der Waals surface area contributed by atoms with Gasteiger partial charge in [0.2, 0.25) is 0 Å². The van der Waals surface area contributed by atoms with Crippen molar-refractivity contribution in [2.45, 2.75) is 6.42 Å². The molecule has 0 atom stereocenters. The average Bonchev–Trinajstić information content (AvgIpc) is 2.64. The number of methoxy groups -OCH3 is 1. The van der Waals surface area contributed by atoms with Gasteiger partial charge in [0.15, 0.2) is 6.61 Å². The van der Waals surface area contributed by atoms with Crippen LogP contribution in [0.2, 0.25) is 0 Å². The number of rotatable bonds is 9. The van der Waals surface area contributed by atoms with Gasteiger partial charge in [-0.1, -0.05) is 36.4 Å². The minimum absolute atomic E-state index is 0.227. The maximum Gasteiger partial charge on any atom is 0.323 e. The molecule has 0 aliphatic rings. The molecular formula is C19H21NO5. The summed E-state index contributed by atoms with van der Waals surface area (Å²) in [6.07, 6.45) is 0.582. The van der Waals surface area contributed by atoms with E-state index in [-0.39, 0.29) is 19.1 Å². The lowest BCUT2D eigenvalue weighted by Crippen LogP contribution is -2.40. The number of carbonyl (C=O) groups is 2. The zero-order valence-corrected chi connectivity index (χ0v) is 14.1. The van der Waals surface area contributed by atoms with Crippen LogP contribution in [0.5, 0.6) is 11.5 Å². The van der Waals surface area contributed by atoms with Gasteiger partial charge in [-0.25, -0.2) is 0 Å². The molecule has 2 aromatic carbocycles. The van der Waals surface area contributed by atoms with Gasteiger partial charge in [-0.3, -0.25) is 9.59 Å². The normalized spacial score (nSPS) is 10.1. The van der Waals surface area contributed by atoms with Crippen molar-refractivity contribution in [2.75, 3.05) is 26.8 Å². The van der Waals surface area contributed by atoms with Crippen LogP contribution in [-0.4, -0.2) is 48.7 Å². The molecule has 1 amide bonds. The van der Waals surface area contributed by atoms with Gasteiger partial charge in [0.05, 0.1) is 7.11 Å². The Morgan fingerprint density at radius 2 is 1.76 bits per heavy atom. The first-order chi connectivity index (χ1) is 12.1. The summed E-state index contributed by atoms with van der Waals surface area (Å²) in [5, 5.41) is 9.03. The summed E-state index contributed by atoms with van der Waals surface area (Å²) in [7, 11) is 1.54. The molecule has 0 aliphatic carbocycles. The summed E-state index contributed by atoms with van der Waals surface area (Å²) in [6, 6.07) is 16.5. The van der Waals surface area contributed by atoms with Gasteiger partial charge in [0.25, 0.3) is 5.91 Å². The molecule has 0 radical (unpaired) electrons. The lowest BCUT2D eigenvalue weighted by Gasteiger charge is -2.21. The highest BCUT2D eigenvalue weighted by Crippen LogP contribution is 2.18. The molecule has 0 aromatic heterocycles. The van der Waals surface area contributed by atoms with E-state index in [0.29, 0.717) is 24.5 Å². The van der Waals surface area contributed by atoms with Crippen LogP contribution in [0.15, 0.2) is 54.6 Å². The fourth-order valence-electron chi connectivity index (χ4n) is 2.29. The second-order valence-electron chi connectivity index (χ2n) is 5.41. The third kappa shape index (κ3) is 6.18. The number of carbonyl (C=O) groups excluding carboxylic acids is 1. The Bertz CT molecular complexity index is 702. The number of benzene rings is 2. The Morgan fingerprint density at radius 1 is 1.04 bits per heavy atom. The van der Waals surface area contributed by atoms with E-state index >= 15 is 0 Å². The SMILES string of the molecule is COc1cccc(OCC(=O)N(CCc2ccccc2)CC(=O)O)c1. The largest absolute Gasteiger partial charge is 0.497 e. The molecule has 0 unspecified atom stereocenters. The molecule has 6 nitrogen and oxygen atoms in total. The molecule has 132 valence electrons. The molecule has 25 heavy (non-hydrogen) atoms. The minimum atomic E-state index is -1.05. The summed E-state index contributed by atoms with van der Waals surface area (Å²) in [6.45, 7) is -0.265. The van der Waals surface area contributed by atoms with Crippen LogP contribution in [0.25, 0.3) is 0 Å². The lowest BCUT2D eigenvalue weighted by atomic mass is 10.1. The summed E-state index contributed by atoms with van der Waals surface area (Å²) < 4.78 is 10.6. The van der Waals surface area contributed by atoms with Crippen molar-refractivity contribution in [1.82, 2.24) is 4.90 Å². The summed E-state index contributed by atoms with van der Waals surface area (Å²) in [5.41, 5.74) is 1.04. The van der Waals surface area contributed by atoms with Crippen LogP contribution in [-0.2, 0) is 16.0 Å². The zero-order chi connectivity index (χ0) is 18.1. The molecule has 0 saturated heterocycles. The lowest BCUT2D eigenvalue weighted by molar-refractivity contribution is -0.145. The van der Waals surface area contributed by atoms with Crippen LogP contribution in [0.3, 0.4) is 0 Å². The van der Waals surface area contributed by atoms with Crippen molar-refractivity contribution in [3.8, 4) is 11.5 Å². The monoisotopic (exact) mass is 343 g/mol. The molecule has 0 spiro atoms. The van der Waals surface area contributed by atoms with E-state index in [1.54, 1.807) is 31.4 Å². The van der Waals surface area contributed by atoms with E-state index < -0.39 is 5.97 Å². The van der Waals surface area contributed by atoms with Crippen LogP contribution in [0, 0.1) is 0 Å². The van der Waals surface area contributed by atoms with Crippen molar-refractivity contribution in [1.29, 1.82) is 0 Å². The first-order valence-corrected chi connectivity index (χ1v) is 7.89. The number of nitrogens with zero attached hydrogens (tertiary/aromatic N) is 1. The van der Waals surface area contributed by atoms with Crippen LogP contribution >= 0.6 is 0 Å². The molecule has 0 bridgehead atoms. The molecule has 2 aromatic rings. The number of carboxylic acids is 1. The number of amides is 1.